The Kier molecular flexibility index (Phi) is 5.20. The van der Waals surface area contributed by atoms with E-state index in [0.717, 1.165) is 23.6 Å². The molecule has 2 aromatic carbocycles. The van der Waals surface area contributed by atoms with Crippen LogP contribution < -0.4 is 4.74 Å². The molecule has 0 spiro atoms. The van der Waals surface area contributed by atoms with E-state index in [2.05, 4.69) is 4.90 Å². The Morgan fingerprint density at radius 3 is 2.57 bits per heavy atom. The number of ether oxygens (including phenoxy) is 2. The van der Waals surface area contributed by atoms with Gasteiger partial charge in [0.2, 0.25) is 0 Å². The average Bonchev–Trinajstić information content (AvgIpc) is 2.61. The molecule has 3 rings (SSSR count). The van der Waals surface area contributed by atoms with Crippen molar-refractivity contribution in [1.82, 2.24) is 4.90 Å². The number of halogens is 1. The fourth-order valence-corrected chi connectivity index (χ4v) is 2.83. The molecule has 1 heterocycles. The molecule has 23 heavy (non-hydrogen) atoms. The van der Waals surface area contributed by atoms with Crippen molar-refractivity contribution in [1.29, 1.82) is 0 Å². The Labute approximate surface area is 140 Å². The van der Waals surface area contributed by atoms with Crippen molar-refractivity contribution >= 4 is 17.2 Å². The first-order chi connectivity index (χ1) is 11.3. The molecule has 0 atom stereocenters. The van der Waals surface area contributed by atoms with Crippen molar-refractivity contribution in [2.45, 2.75) is 6.61 Å². The van der Waals surface area contributed by atoms with Gasteiger partial charge in [0.25, 0.3) is 0 Å². The monoisotopic (exact) mass is 331 g/mol. The fourth-order valence-electron chi connectivity index (χ4n) is 2.48. The number of thiocarbonyl (C=S) groups is 1. The highest BCUT2D eigenvalue weighted by Crippen LogP contribution is 2.23. The molecule has 120 valence electrons. The molecular formula is C18H18FNO2S. The van der Waals surface area contributed by atoms with Crippen molar-refractivity contribution in [3.8, 4) is 5.75 Å². The summed E-state index contributed by atoms with van der Waals surface area (Å²) in [5.41, 5.74) is 1.39. The molecule has 0 bridgehead atoms. The van der Waals surface area contributed by atoms with Gasteiger partial charge in [-0.05, 0) is 18.2 Å². The lowest BCUT2D eigenvalue weighted by Crippen LogP contribution is -2.40. The third kappa shape index (κ3) is 3.86. The second kappa shape index (κ2) is 7.53. The smallest absolute Gasteiger partial charge is 0.130 e. The Bertz CT molecular complexity index is 686. The maximum Gasteiger partial charge on any atom is 0.130 e. The average molecular weight is 331 g/mol. The topological polar surface area (TPSA) is 21.7 Å². The van der Waals surface area contributed by atoms with Gasteiger partial charge in [-0.3, -0.25) is 0 Å². The van der Waals surface area contributed by atoms with Gasteiger partial charge in [-0.2, -0.15) is 0 Å². The summed E-state index contributed by atoms with van der Waals surface area (Å²) >= 11 is 5.60. The van der Waals surface area contributed by atoms with Crippen molar-refractivity contribution < 1.29 is 13.9 Å². The van der Waals surface area contributed by atoms with Crippen LogP contribution in [0, 0.1) is 5.82 Å². The van der Waals surface area contributed by atoms with Crippen LogP contribution in [0.5, 0.6) is 5.75 Å². The largest absolute Gasteiger partial charge is 0.488 e. The maximum atomic E-state index is 13.7. The Balaban J connectivity index is 1.75. The number of morpholine rings is 1. The fraction of sp³-hybridized carbons (Fsp3) is 0.278. The lowest BCUT2D eigenvalue weighted by Gasteiger charge is -2.29. The molecule has 0 aliphatic carbocycles. The van der Waals surface area contributed by atoms with Crippen molar-refractivity contribution in [2.75, 3.05) is 26.3 Å². The highest BCUT2D eigenvalue weighted by atomic mass is 32.1. The quantitative estimate of drug-likeness (QED) is 0.800. The van der Waals surface area contributed by atoms with Gasteiger partial charge in [-0.15, -0.1) is 0 Å². The van der Waals surface area contributed by atoms with Crippen LogP contribution in [-0.2, 0) is 11.3 Å². The summed E-state index contributed by atoms with van der Waals surface area (Å²) in [7, 11) is 0. The van der Waals surface area contributed by atoms with Gasteiger partial charge < -0.3 is 14.4 Å². The summed E-state index contributed by atoms with van der Waals surface area (Å²) in [5.74, 6) is 0.410. The van der Waals surface area contributed by atoms with Crippen LogP contribution in [0.4, 0.5) is 4.39 Å². The van der Waals surface area contributed by atoms with Crippen LogP contribution in [0.1, 0.15) is 11.1 Å². The molecule has 1 fully saturated rings. The zero-order chi connectivity index (χ0) is 16.1. The predicted molar refractivity (Wildman–Crippen MR) is 91.3 cm³/mol. The predicted octanol–water partition coefficient (Wildman–Crippen LogP) is 3.41. The Morgan fingerprint density at radius 2 is 1.78 bits per heavy atom. The molecule has 0 saturated carbocycles. The zero-order valence-corrected chi connectivity index (χ0v) is 13.5. The van der Waals surface area contributed by atoms with Crippen LogP contribution in [0.3, 0.4) is 0 Å². The van der Waals surface area contributed by atoms with Crippen molar-refractivity contribution in [2.24, 2.45) is 0 Å². The van der Waals surface area contributed by atoms with Gasteiger partial charge >= 0.3 is 0 Å². The minimum Gasteiger partial charge on any atom is -0.488 e. The van der Waals surface area contributed by atoms with Crippen LogP contribution in [0.25, 0.3) is 0 Å². The van der Waals surface area contributed by atoms with E-state index in [-0.39, 0.29) is 12.4 Å². The summed E-state index contributed by atoms with van der Waals surface area (Å²) < 4.78 is 24.9. The third-order valence-electron chi connectivity index (χ3n) is 3.76. The number of benzene rings is 2. The van der Waals surface area contributed by atoms with Gasteiger partial charge in [0, 0.05) is 18.7 Å². The van der Waals surface area contributed by atoms with E-state index in [1.807, 2.05) is 24.3 Å². The molecule has 1 aliphatic heterocycles. The van der Waals surface area contributed by atoms with E-state index >= 15 is 0 Å². The first-order valence-corrected chi connectivity index (χ1v) is 7.99. The number of nitrogens with zero attached hydrogens (tertiary/aromatic N) is 1. The van der Waals surface area contributed by atoms with Crippen LogP contribution >= 0.6 is 12.2 Å². The summed E-state index contributed by atoms with van der Waals surface area (Å²) in [6, 6.07) is 14.2. The van der Waals surface area contributed by atoms with E-state index in [4.69, 9.17) is 21.7 Å². The highest BCUT2D eigenvalue weighted by Gasteiger charge is 2.18. The first kappa shape index (κ1) is 15.9. The van der Waals surface area contributed by atoms with Crippen LogP contribution in [0.15, 0.2) is 48.5 Å². The maximum absolute atomic E-state index is 13.7. The molecule has 0 amide bonds. The van der Waals surface area contributed by atoms with Gasteiger partial charge in [0.1, 0.15) is 23.2 Å². The minimum atomic E-state index is -0.263. The van der Waals surface area contributed by atoms with E-state index in [1.54, 1.807) is 18.2 Å². The Morgan fingerprint density at radius 1 is 1.09 bits per heavy atom. The van der Waals surface area contributed by atoms with Gasteiger partial charge in [-0.1, -0.05) is 42.5 Å². The molecule has 0 N–H and O–H groups in total. The number of rotatable bonds is 4. The molecule has 2 aromatic rings. The van der Waals surface area contributed by atoms with E-state index in [1.165, 1.54) is 6.07 Å². The van der Waals surface area contributed by atoms with Crippen LogP contribution in [-0.4, -0.2) is 36.2 Å². The van der Waals surface area contributed by atoms with Gasteiger partial charge in [-0.25, -0.2) is 4.39 Å². The second-order valence-corrected chi connectivity index (χ2v) is 5.67. The molecule has 3 nitrogen and oxygen atoms in total. The lowest BCUT2D eigenvalue weighted by atomic mass is 10.1. The second-order valence-electron chi connectivity index (χ2n) is 5.28. The molecular weight excluding hydrogens is 313 g/mol. The van der Waals surface area contributed by atoms with Gasteiger partial charge in [0.05, 0.1) is 18.8 Å². The molecule has 0 aromatic heterocycles. The third-order valence-corrected chi connectivity index (χ3v) is 4.23. The molecule has 1 aliphatic rings. The number of hydrogen-bond donors (Lipinski definition) is 0. The first-order valence-electron chi connectivity index (χ1n) is 7.58. The number of para-hydroxylation sites is 1. The van der Waals surface area contributed by atoms with Crippen molar-refractivity contribution in [3.63, 3.8) is 0 Å². The van der Waals surface area contributed by atoms with E-state index in [0.29, 0.717) is 24.5 Å². The van der Waals surface area contributed by atoms with E-state index < -0.39 is 0 Å². The Hall–Kier alpha value is -1.98. The molecule has 0 unspecified atom stereocenters. The van der Waals surface area contributed by atoms with Gasteiger partial charge in [0.15, 0.2) is 0 Å². The summed E-state index contributed by atoms with van der Waals surface area (Å²) in [4.78, 5) is 2.86. The number of hydrogen-bond acceptors (Lipinski definition) is 3. The molecule has 1 saturated heterocycles. The SMILES string of the molecule is Fc1ccccc1COc1ccccc1C(=S)N1CCOCC1. The van der Waals surface area contributed by atoms with Crippen LogP contribution in [0.2, 0.25) is 0 Å². The molecule has 5 heteroatoms. The minimum absolute atomic E-state index is 0.176. The zero-order valence-electron chi connectivity index (χ0n) is 12.7. The van der Waals surface area contributed by atoms with E-state index in [9.17, 15) is 4.39 Å². The standard InChI is InChI=1S/C18H18FNO2S/c19-16-7-3-1-5-14(16)13-22-17-8-4-2-6-15(17)18(23)20-9-11-21-12-10-20/h1-8H,9-13H2. The summed E-state index contributed by atoms with van der Waals surface area (Å²) in [5, 5.41) is 0. The molecule has 0 radical (unpaired) electrons. The normalized spacial score (nSPS) is 14.6. The summed E-state index contributed by atoms with van der Waals surface area (Å²) in [6.45, 7) is 3.09. The highest BCUT2D eigenvalue weighted by molar-refractivity contribution is 7.80. The van der Waals surface area contributed by atoms with Crippen molar-refractivity contribution in [3.05, 3.63) is 65.5 Å². The summed E-state index contributed by atoms with van der Waals surface area (Å²) in [6.07, 6.45) is 0. The lowest BCUT2D eigenvalue weighted by molar-refractivity contribution is 0.0692.